The lowest BCUT2D eigenvalue weighted by atomic mass is 10.3. The number of rotatable bonds is 3. The Hall–Kier alpha value is -1.49. The van der Waals surface area contributed by atoms with Gasteiger partial charge in [-0.15, -0.1) is 11.3 Å². The zero-order valence-corrected chi connectivity index (χ0v) is 12.7. The van der Waals surface area contributed by atoms with Gasteiger partial charge in [0.25, 0.3) is 5.91 Å². The number of piperazine rings is 1. The summed E-state index contributed by atoms with van der Waals surface area (Å²) in [6.45, 7) is 4.12. The molecule has 1 aromatic rings. The molecule has 2 heterocycles. The fourth-order valence-corrected chi connectivity index (χ4v) is 2.92. The van der Waals surface area contributed by atoms with Gasteiger partial charge >= 0.3 is 0 Å². The molecule has 2 rings (SSSR count). The normalized spacial score (nSPS) is 15.7. The second-order valence-corrected chi connectivity index (χ2v) is 5.81. The van der Waals surface area contributed by atoms with Crippen molar-refractivity contribution < 1.29 is 4.79 Å². The van der Waals surface area contributed by atoms with Gasteiger partial charge in [-0.1, -0.05) is 6.07 Å². The third kappa shape index (κ3) is 4.00. The molecule has 1 amide bonds. The van der Waals surface area contributed by atoms with Crippen molar-refractivity contribution in [2.75, 3.05) is 32.7 Å². The Labute approximate surface area is 127 Å². The number of nitrogens with one attached hydrogen (secondary N) is 1. The molecule has 1 aliphatic heterocycles. The fraction of sp³-hybridized carbons (Fsp3) is 0.462. The van der Waals surface area contributed by atoms with Crippen molar-refractivity contribution >= 4 is 34.6 Å². The van der Waals surface area contributed by atoms with E-state index in [-0.39, 0.29) is 5.91 Å². The first-order chi connectivity index (χ1) is 9.70. The smallest absolute Gasteiger partial charge is 0.267 e. The number of carbonyl (C=O) groups excluding carboxylic acids is 1. The van der Waals surface area contributed by atoms with Crippen LogP contribution in [0.3, 0.4) is 0 Å². The van der Waals surface area contributed by atoms with Gasteiger partial charge in [0.1, 0.15) is 0 Å². The lowest BCUT2D eigenvalue weighted by molar-refractivity contribution is 0.0973. The van der Waals surface area contributed by atoms with Crippen LogP contribution < -0.4 is 5.32 Å². The molecule has 1 saturated heterocycles. The van der Waals surface area contributed by atoms with Crippen molar-refractivity contribution in [2.45, 2.75) is 6.42 Å². The highest BCUT2D eigenvalue weighted by Gasteiger charge is 2.20. The molecule has 0 saturated carbocycles. The SMILES string of the molecule is N#CCCN1CCN(C(=S)NC(=O)c2cccs2)CC1. The summed E-state index contributed by atoms with van der Waals surface area (Å²) in [4.78, 5) is 16.8. The second kappa shape index (κ2) is 7.33. The van der Waals surface area contributed by atoms with E-state index in [4.69, 9.17) is 17.5 Å². The Morgan fingerprint density at radius 3 is 2.80 bits per heavy atom. The van der Waals surface area contributed by atoms with Gasteiger partial charge in [0, 0.05) is 39.1 Å². The summed E-state index contributed by atoms with van der Waals surface area (Å²) in [6, 6.07) is 5.78. The third-order valence-electron chi connectivity index (χ3n) is 3.16. The minimum atomic E-state index is -0.142. The molecule has 0 spiro atoms. The van der Waals surface area contributed by atoms with E-state index in [2.05, 4.69) is 16.3 Å². The number of hydrogen-bond donors (Lipinski definition) is 1. The maximum absolute atomic E-state index is 11.9. The highest BCUT2D eigenvalue weighted by molar-refractivity contribution is 7.80. The summed E-state index contributed by atoms with van der Waals surface area (Å²) in [7, 11) is 0. The van der Waals surface area contributed by atoms with Gasteiger partial charge in [-0.05, 0) is 23.7 Å². The molecular weight excluding hydrogens is 292 g/mol. The predicted molar refractivity (Wildman–Crippen MR) is 82.6 cm³/mol. The number of nitrogens with zero attached hydrogens (tertiary/aromatic N) is 3. The molecule has 1 fully saturated rings. The van der Waals surface area contributed by atoms with Crippen LogP contribution in [-0.2, 0) is 0 Å². The van der Waals surface area contributed by atoms with E-state index in [0.29, 0.717) is 16.4 Å². The first kappa shape index (κ1) is 14.9. The van der Waals surface area contributed by atoms with E-state index < -0.39 is 0 Å². The Morgan fingerprint density at radius 1 is 1.45 bits per heavy atom. The first-order valence-electron chi connectivity index (χ1n) is 6.44. The van der Waals surface area contributed by atoms with Crippen LogP contribution in [0, 0.1) is 11.3 Å². The number of hydrogen-bond acceptors (Lipinski definition) is 5. The van der Waals surface area contributed by atoms with Crippen LogP contribution in [0.2, 0.25) is 0 Å². The molecular formula is C13H16N4OS2. The molecule has 5 nitrogen and oxygen atoms in total. The average molecular weight is 308 g/mol. The molecule has 0 bridgehead atoms. The highest BCUT2D eigenvalue weighted by Crippen LogP contribution is 2.09. The van der Waals surface area contributed by atoms with E-state index in [0.717, 1.165) is 32.7 Å². The number of amides is 1. The molecule has 20 heavy (non-hydrogen) atoms. The Bertz CT molecular complexity index is 501. The fourth-order valence-electron chi connectivity index (χ4n) is 2.03. The summed E-state index contributed by atoms with van der Waals surface area (Å²) in [5.41, 5.74) is 0. The molecule has 1 N–H and O–H groups in total. The number of nitriles is 1. The van der Waals surface area contributed by atoms with Gasteiger partial charge in [-0.25, -0.2) is 0 Å². The third-order valence-corrected chi connectivity index (χ3v) is 4.39. The molecule has 0 unspecified atom stereocenters. The molecule has 106 valence electrons. The number of carbonyl (C=O) groups is 1. The van der Waals surface area contributed by atoms with E-state index >= 15 is 0 Å². The summed E-state index contributed by atoms with van der Waals surface area (Å²) in [5, 5.41) is 13.7. The van der Waals surface area contributed by atoms with Gasteiger partial charge in [0.05, 0.1) is 10.9 Å². The van der Waals surface area contributed by atoms with Crippen LogP contribution in [-0.4, -0.2) is 53.5 Å². The Balaban J connectivity index is 1.77. The zero-order chi connectivity index (χ0) is 14.4. The summed E-state index contributed by atoms with van der Waals surface area (Å²) < 4.78 is 0. The first-order valence-corrected chi connectivity index (χ1v) is 7.72. The molecule has 7 heteroatoms. The van der Waals surface area contributed by atoms with Crippen LogP contribution >= 0.6 is 23.6 Å². The van der Waals surface area contributed by atoms with E-state index in [1.165, 1.54) is 11.3 Å². The van der Waals surface area contributed by atoms with Crippen molar-refractivity contribution in [2.24, 2.45) is 0 Å². The maximum atomic E-state index is 11.9. The molecule has 1 aromatic heterocycles. The minimum absolute atomic E-state index is 0.142. The topological polar surface area (TPSA) is 59.4 Å². The van der Waals surface area contributed by atoms with Crippen LogP contribution in [0.1, 0.15) is 16.1 Å². The molecule has 0 aliphatic carbocycles. The average Bonchev–Trinajstić information content (AvgIpc) is 3.00. The van der Waals surface area contributed by atoms with Gasteiger partial charge in [0.15, 0.2) is 5.11 Å². The van der Waals surface area contributed by atoms with Crippen LogP contribution in [0.15, 0.2) is 17.5 Å². The molecule has 0 aromatic carbocycles. The standard InChI is InChI=1S/C13H16N4OS2/c14-4-2-5-16-6-8-17(9-7-16)13(19)15-12(18)11-3-1-10-20-11/h1,3,10H,2,5-9H2,(H,15,18,19). The Kier molecular flexibility index (Phi) is 5.47. The van der Waals surface area contributed by atoms with E-state index in [1.807, 2.05) is 16.3 Å². The number of thiocarbonyl (C=S) groups is 1. The lowest BCUT2D eigenvalue weighted by Crippen LogP contribution is -2.52. The van der Waals surface area contributed by atoms with E-state index in [1.54, 1.807) is 6.07 Å². The van der Waals surface area contributed by atoms with Crippen molar-refractivity contribution in [3.63, 3.8) is 0 Å². The monoisotopic (exact) mass is 308 g/mol. The van der Waals surface area contributed by atoms with Crippen molar-refractivity contribution in [1.29, 1.82) is 5.26 Å². The second-order valence-electron chi connectivity index (χ2n) is 4.47. The van der Waals surface area contributed by atoms with Gasteiger partial charge < -0.3 is 4.90 Å². The van der Waals surface area contributed by atoms with Crippen molar-refractivity contribution in [3.05, 3.63) is 22.4 Å². The Morgan fingerprint density at radius 2 is 2.20 bits per heavy atom. The van der Waals surface area contributed by atoms with Crippen LogP contribution in [0.5, 0.6) is 0 Å². The highest BCUT2D eigenvalue weighted by atomic mass is 32.1. The van der Waals surface area contributed by atoms with Gasteiger partial charge in [0.2, 0.25) is 0 Å². The lowest BCUT2D eigenvalue weighted by Gasteiger charge is -2.35. The summed E-state index contributed by atoms with van der Waals surface area (Å²) in [6.07, 6.45) is 0.555. The summed E-state index contributed by atoms with van der Waals surface area (Å²) >= 11 is 6.68. The largest absolute Gasteiger partial charge is 0.346 e. The van der Waals surface area contributed by atoms with Crippen molar-refractivity contribution in [3.8, 4) is 6.07 Å². The van der Waals surface area contributed by atoms with Crippen LogP contribution in [0.4, 0.5) is 0 Å². The molecule has 0 radical (unpaired) electrons. The molecule has 1 aliphatic rings. The maximum Gasteiger partial charge on any atom is 0.267 e. The van der Waals surface area contributed by atoms with Gasteiger partial charge in [-0.2, -0.15) is 5.26 Å². The predicted octanol–water partition coefficient (Wildman–Crippen LogP) is 1.29. The minimum Gasteiger partial charge on any atom is -0.346 e. The van der Waals surface area contributed by atoms with Gasteiger partial charge in [-0.3, -0.25) is 15.0 Å². The zero-order valence-electron chi connectivity index (χ0n) is 11.0. The molecule has 0 atom stereocenters. The summed E-state index contributed by atoms with van der Waals surface area (Å²) in [5.74, 6) is -0.142. The van der Waals surface area contributed by atoms with Crippen LogP contribution in [0.25, 0.3) is 0 Å². The van der Waals surface area contributed by atoms with E-state index in [9.17, 15) is 4.79 Å². The number of thiophene rings is 1. The van der Waals surface area contributed by atoms with Crippen molar-refractivity contribution in [1.82, 2.24) is 15.1 Å². The quantitative estimate of drug-likeness (QED) is 0.853.